The van der Waals surface area contributed by atoms with E-state index >= 15 is 0 Å². The van der Waals surface area contributed by atoms with Crippen LogP contribution in [0, 0.1) is 3.57 Å². The molecule has 6 nitrogen and oxygen atoms in total. The van der Waals surface area contributed by atoms with Gasteiger partial charge in [0.15, 0.2) is 5.11 Å². The van der Waals surface area contributed by atoms with Gasteiger partial charge in [0.2, 0.25) is 0 Å². The normalized spacial score (nSPS) is 13.5. The van der Waals surface area contributed by atoms with Crippen molar-refractivity contribution >= 4 is 74.4 Å². The van der Waals surface area contributed by atoms with Crippen molar-refractivity contribution in [1.29, 1.82) is 0 Å². The Hall–Kier alpha value is -2.50. The molecule has 1 fully saturated rings. The molecule has 1 saturated heterocycles. The summed E-state index contributed by atoms with van der Waals surface area (Å²) < 4.78 is 0.868. The minimum Gasteiger partial charge on any atom is -0.368 e. The van der Waals surface area contributed by atoms with Gasteiger partial charge >= 0.3 is 0 Å². The number of hydrogen-bond acceptors (Lipinski definition) is 5. The molecule has 1 aliphatic heterocycles. The van der Waals surface area contributed by atoms with Crippen molar-refractivity contribution in [3.8, 4) is 0 Å². The number of amides is 2. The van der Waals surface area contributed by atoms with Crippen LogP contribution in [0.25, 0.3) is 0 Å². The van der Waals surface area contributed by atoms with E-state index in [9.17, 15) is 9.59 Å². The average molecular weight is 576 g/mol. The Labute approximate surface area is 209 Å². The first-order chi connectivity index (χ1) is 15.5. The number of hydrogen-bond donors (Lipinski definition) is 2. The molecule has 1 aliphatic rings. The molecule has 0 bridgehead atoms. The van der Waals surface area contributed by atoms with Gasteiger partial charge in [-0.2, -0.15) is 0 Å². The molecule has 0 radical (unpaired) electrons. The number of halogens is 1. The van der Waals surface area contributed by atoms with Gasteiger partial charge < -0.3 is 15.1 Å². The van der Waals surface area contributed by atoms with Gasteiger partial charge in [0.25, 0.3) is 11.8 Å². The van der Waals surface area contributed by atoms with E-state index in [1.807, 2.05) is 64.9 Å². The number of thiocarbonyl (C=S) groups is 1. The second kappa shape index (κ2) is 10.4. The fourth-order valence-corrected chi connectivity index (χ4v) is 4.99. The maximum absolute atomic E-state index is 12.5. The molecule has 9 heteroatoms. The van der Waals surface area contributed by atoms with Crippen LogP contribution in [0.15, 0.2) is 66.0 Å². The van der Waals surface area contributed by atoms with Crippen LogP contribution in [0.1, 0.15) is 20.0 Å². The van der Waals surface area contributed by atoms with E-state index in [1.54, 1.807) is 6.07 Å². The molecule has 0 atom stereocenters. The number of rotatable bonds is 4. The van der Waals surface area contributed by atoms with Gasteiger partial charge in [-0.05, 0) is 82.7 Å². The van der Waals surface area contributed by atoms with Crippen molar-refractivity contribution in [2.45, 2.75) is 0 Å². The molecule has 0 spiro atoms. The Morgan fingerprint density at radius 3 is 2.31 bits per heavy atom. The van der Waals surface area contributed by atoms with Crippen molar-refractivity contribution in [3.05, 3.63) is 80.1 Å². The highest BCUT2D eigenvalue weighted by Crippen LogP contribution is 2.21. The summed E-state index contributed by atoms with van der Waals surface area (Å²) >= 11 is 8.90. The second-order valence-electron chi connectivity index (χ2n) is 7.19. The lowest BCUT2D eigenvalue weighted by molar-refractivity contribution is 0.0751. The zero-order chi connectivity index (χ0) is 22.5. The maximum atomic E-state index is 12.5. The molecular weight excluding hydrogens is 555 g/mol. The highest BCUT2D eigenvalue weighted by Gasteiger charge is 2.22. The lowest BCUT2D eigenvalue weighted by Crippen LogP contribution is -2.48. The molecule has 0 unspecified atom stereocenters. The second-order valence-corrected chi connectivity index (χ2v) is 9.71. The highest BCUT2D eigenvalue weighted by molar-refractivity contribution is 14.1. The molecule has 4 rings (SSSR count). The quantitative estimate of drug-likeness (QED) is 0.355. The average Bonchev–Trinajstić information content (AvgIpc) is 3.34. The third kappa shape index (κ3) is 5.45. The monoisotopic (exact) mass is 576 g/mol. The summed E-state index contributed by atoms with van der Waals surface area (Å²) in [6.07, 6.45) is 0. The van der Waals surface area contributed by atoms with Gasteiger partial charge in [-0.25, -0.2) is 0 Å². The molecule has 1 aromatic heterocycles. The van der Waals surface area contributed by atoms with Crippen LogP contribution < -0.4 is 15.5 Å². The summed E-state index contributed by atoms with van der Waals surface area (Å²) in [7, 11) is 0. The van der Waals surface area contributed by atoms with E-state index in [0.29, 0.717) is 18.7 Å². The summed E-state index contributed by atoms with van der Waals surface area (Å²) in [5, 5.41) is 7.96. The largest absolute Gasteiger partial charge is 0.368 e. The van der Waals surface area contributed by atoms with Crippen LogP contribution in [-0.2, 0) is 0 Å². The summed E-state index contributed by atoms with van der Waals surface area (Å²) in [5.41, 5.74) is 2.48. The van der Waals surface area contributed by atoms with E-state index in [2.05, 4.69) is 38.1 Å². The van der Waals surface area contributed by atoms with Crippen LogP contribution in [0.3, 0.4) is 0 Å². The zero-order valence-electron chi connectivity index (χ0n) is 17.1. The van der Waals surface area contributed by atoms with E-state index in [1.165, 1.54) is 11.3 Å². The van der Waals surface area contributed by atoms with Crippen LogP contribution in [0.4, 0.5) is 11.4 Å². The van der Waals surface area contributed by atoms with Crippen LogP contribution in [0.2, 0.25) is 0 Å². The molecule has 2 aromatic carbocycles. The van der Waals surface area contributed by atoms with E-state index in [-0.39, 0.29) is 16.9 Å². The summed E-state index contributed by atoms with van der Waals surface area (Å²) in [6, 6.07) is 19.0. The lowest BCUT2D eigenvalue weighted by Gasteiger charge is -2.36. The van der Waals surface area contributed by atoms with Crippen molar-refractivity contribution in [1.82, 2.24) is 10.2 Å². The van der Waals surface area contributed by atoms with E-state index in [4.69, 9.17) is 12.2 Å². The predicted molar refractivity (Wildman–Crippen MR) is 142 cm³/mol. The Bertz CT molecular complexity index is 1110. The molecule has 164 valence electrons. The Morgan fingerprint density at radius 1 is 0.938 bits per heavy atom. The SMILES string of the molecule is O=C(NC(=S)Nc1ccc(N2CCN(C(=O)c3cccs3)CC2)cc1)c1ccccc1I. The molecular formula is C23H21IN4O2S2. The van der Waals surface area contributed by atoms with E-state index in [0.717, 1.165) is 32.9 Å². The van der Waals surface area contributed by atoms with Gasteiger partial charge in [0.05, 0.1) is 10.4 Å². The highest BCUT2D eigenvalue weighted by atomic mass is 127. The third-order valence-corrected chi connectivity index (χ3v) is 7.14. The summed E-state index contributed by atoms with van der Waals surface area (Å²) in [5.74, 6) is -0.126. The summed E-state index contributed by atoms with van der Waals surface area (Å²) in [6.45, 7) is 2.97. The van der Waals surface area contributed by atoms with Crippen LogP contribution in [0.5, 0.6) is 0 Å². The molecule has 2 N–H and O–H groups in total. The van der Waals surface area contributed by atoms with Crippen molar-refractivity contribution in [2.75, 3.05) is 36.4 Å². The fourth-order valence-electron chi connectivity index (χ4n) is 3.46. The van der Waals surface area contributed by atoms with Gasteiger partial charge in [-0.1, -0.05) is 18.2 Å². The van der Waals surface area contributed by atoms with Gasteiger partial charge in [-0.15, -0.1) is 11.3 Å². The Kier molecular flexibility index (Phi) is 7.38. The first kappa shape index (κ1) is 22.7. The van der Waals surface area contributed by atoms with Crippen molar-refractivity contribution < 1.29 is 9.59 Å². The topological polar surface area (TPSA) is 64.7 Å². The molecule has 0 aliphatic carbocycles. The van der Waals surface area contributed by atoms with Crippen molar-refractivity contribution in [2.24, 2.45) is 0 Å². The molecule has 2 heterocycles. The van der Waals surface area contributed by atoms with Gasteiger partial charge in [0, 0.05) is 41.1 Å². The minimum absolute atomic E-state index is 0.111. The minimum atomic E-state index is -0.237. The number of carbonyl (C=O) groups excluding carboxylic acids is 2. The number of carbonyl (C=O) groups is 2. The van der Waals surface area contributed by atoms with Gasteiger partial charge in [0.1, 0.15) is 0 Å². The molecule has 32 heavy (non-hydrogen) atoms. The number of piperazine rings is 1. The fraction of sp³-hybridized carbons (Fsp3) is 0.174. The smallest absolute Gasteiger partial charge is 0.264 e. The molecule has 0 saturated carbocycles. The van der Waals surface area contributed by atoms with Crippen molar-refractivity contribution in [3.63, 3.8) is 0 Å². The van der Waals surface area contributed by atoms with Crippen LogP contribution >= 0.6 is 46.1 Å². The molecule has 3 aromatic rings. The lowest BCUT2D eigenvalue weighted by atomic mass is 10.2. The number of nitrogens with one attached hydrogen (secondary N) is 2. The number of anilines is 2. The Morgan fingerprint density at radius 2 is 1.66 bits per heavy atom. The number of nitrogens with zero attached hydrogens (tertiary/aromatic N) is 2. The number of benzene rings is 2. The number of thiophene rings is 1. The van der Waals surface area contributed by atoms with Crippen LogP contribution in [-0.4, -0.2) is 48.0 Å². The Balaban J connectivity index is 1.29. The molecule has 2 amide bonds. The standard InChI is InChI=1S/C23H21IN4O2S2/c24-19-5-2-1-4-18(19)21(29)26-23(31)25-16-7-9-17(10-8-16)27-11-13-28(14-12-27)22(30)20-6-3-15-32-20/h1-10,15H,11-14H2,(H2,25,26,29,31). The zero-order valence-corrected chi connectivity index (χ0v) is 20.9. The first-order valence-electron chi connectivity index (χ1n) is 10.1. The summed E-state index contributed by atoms with van der Waals surface area (Å²) in [4.78, 5) is 29.9. The van der Waals surface area contributed by atoms with Gasteiger partial charge in [-0.3, -0.25) is 14.9 Å². The predicted octanol–water partition coefficient (Wildman–Crippen LogP) is 4.44. The maximum Gasteiger partial charge on any atom is 0.264 e. The first-order valence-corrected chi connectivity index (χ1v) is 12.4. The third-order valence-electron chi connectivity index (χ3n) is 5.13. The van der Waals surface area contributed by atoms with E-state index < -0.39 is 0 Å².